The Balaban J connectivity index is 1.32. The van der Waals surface area contributed by atoms with E-state index in [1.165, 1.54) is 23.9 Å². The predicted molar refractivity (Wildman–Crippen MR) is 113 cm³/mol. The lowest BCUT2D eigenvalue weighted by molar-refractivity contribution is -0.137. The van der Waals surface area contributed by atoms with Crippen LogP contribution in [-0.2, 0) is 11.0 Å². The fraction of sp³-hybridized carbons (Fsp3) is 0.273. The number of hydrogen-bond donors (Lipinski definition) is 0. The van der Waals surface area contributed by atoms with Crippen molar-refractivity contribution in [3.8, 4) is 0 Å². The Bertz CT molecular complexity index is 1050. The number of para-hydroxylation sites is 1. The number of thioether (sulfide) groups is 1. The number of halogens is 3. The summed E-state index contributed by atoms with van der Waals surface area (Å²) in [5, 5.41) is 1.85. The molecule has 0 N–H and O–H groups in total. The van der Waals surface area contributed by atoms with Crippen molar-refractivity contribution < 1.29 is 18.0 Å². The number of fused-ring (bicyclic) bond motifs is 1. The highest BCUT2D eigenvalue weighted by atomic mass is 32.2. The van der Waals surface area contributed by atoms with Crippen LogP contribution in [0.3, 0.4) is 0 Å². The Labute approximate surface area is 176 Å². The zero-order valence-corrected chi connectivity index (χ0v) is 16.9. The van der Waals surface area contributed by atoms with Crippen molar-refractivity contribution in [2.75, 3.05) is 36.8 Å². The van der Waals surface area contributed by atoms with Gasteiger partial charge in [0.2, 0.25) is 5.91 Å². The van der Waals surface area contributed by atoms with Crippen LogP contribution >= 0.6 is 11.8 Å². The van der Waals surface area contributed by atoms with Gasteiger partial charge in [-0.25, -0.2) is 4.98 Å². The topological polar surface area (TPSA) is 36.4 Å². The molecular formula is C22H20F3N3OS. The van der Waals surface area contributed by atoms with E-state index >= 15 is 0 Å². The highest BCUT2D eigenvalue weighted by Gasteiger charge is 2.31. The van der Waals surface area contributed by atoms with Crippen LogP contribution in [-0.4, -0.2) is 47.7 Å². The first kappa shape index (κ1) is 20.5. The number of alkyl halides is 3. The third-order valence-corrected chi connectivity index (χ3v) is 6.00. The molecule has 0 unspecified atom stereocenters. The molecule has 4 rings (SSSR count). The molecule has 0 saturated carbocycles. The molecule has 1 aliphatic rings. The first-order chi connectivity index (χ1) is 14.4. The summed E-state index contributed by atoms with van der Waals surface area (Å²) in [5.74, 6) is 0.299. The van der Waals surface area contributed by atoms with Crippen LogP contribution in [0, 0.1) is 0 Å². The van der Waals surface area contributed by atoms with Crippen LogP contribution < -0.4 is 4.90 Å². The average molecular weight is 431 g/mol. The predicted octanol–water partition coefficient (Wildman–Crippen LogP) is 4.69. The molecule has 30 heavy (non-hydrogen) atoms. The van der Waals surface area contributed by atoms with E-state index < -0.39 is 11.7 Å². The number of rotatable bonds is 4. The molecule has 1 aliphatic heterocycles. The number of piperazine rings is 1. The first-order valence-electron chi connectivity index (χ1n) is 9.59. The molecule has 156 valence electrons. The highest BCUT2D eigenvalue weighted by Crippen LogP contribution is 2.32. The molecule has 0 atom stereocenters. The fourth-order valence-corrected chi connectivity index (χ4v) is 4.23. The SMILES string of the molecule is O=C(CSc1ccc2ccccc2n1)N1CCN(c2cccc(C(F)(F)F)c2)CC1. The van der Waals surface area contributed by atoms with Crippen molar-refractivity contribution in [3.05, 3.63) is 66.2 Å². The Hall–Kier alpha value is -2.74. The van der Waals surface area contributed by atoms with Crippen molar-refractivity contribution in [2.45, 2.75) is 11.2 Å². The van der Waals surface area contributed by atoms with E-state index in [2.05, 4.69) is 4.98 Å². The Morgan fingerprint density at radius 3 is 2.50 bits per heavy atom. The van der Waals surface area contributed by atoms with E-state index in [-0.39, 0.29) is 11.7 Å². The van der Waals surface area contributed by atoms with E-state index in [1.807, 2.05) is 41.3 Å². The smallest absolute Gasteiger partial charge is 0.368 e. The largest absolute Gasteiger partial charge is 0.416 e. The first-order valence-corrected chi connectivity index (χ1v) is 10.6. The van der Waals surface area contributed by atoms with Crippen LogP contribution in [0.5, 0.6) is 0 Å². The molecular weight excluding hydrogens is 411 g/mol. The van der Waals surface area contributed by atoms with E-state index in [0.717, 1.165) is 22.0 Å². The van der Waals surface area contributed by atoms with Gasteiger partial charge in [-0.05, 0) is 30.3 Å². The minimum Gasteiger partial charge on any atom is -0.368 e. The van der Waals surface area contributed by atoms with Crippen molar-refractivity contribution in [2.24, 2.45) is 0 Å². The lowest BCUT2D eigenvalue weighted by atomic mass is 10.1. The number of carbonyl (C=O) groups is 1. The summed E-state index contributed by atoms with van der Waals surface area (Å²) in [7, 11) is 0. The number of amides is 1. The Morgan fingerprint density at radius 1 is 0.967 bits per heavy atom. The number of aromatic nitrogens is 1. The summed E-state index contributed by atoms with van der Waals surface area (Å²) in [4.78, 5) is 20.8. The summed E-state index contributed by atoms with van der Waals surface area (Å²) < 4.78 is 38.8. The molecule has 3 aromatic rings. The highest BCUT2D eigenvalue weighted by molar-refractivity contribution is 7.99. The van der Waals surface area contributed by atoms with Gasteiger partial charge in [-0.2, -0.15) is 13.2 Å². The van der Waals surface area contributed by atoms with E-state index in [9.17, 15) is 18.0 Å². The second-order valence-corrected chi connectivity index (χ2v) is 8.04. The van der Waals surface area contributed by atoms with Gasteiger partial charge in [0.1, 0.15) is 0 Å². The van der Waals surface area contributed by atoms with E-state index in [1.54, 1.807) is 11.0 Å². The maximum absolute atomic E-state index is 12.9. The van der Waals surface area contributed by atoms with Crippen molar-refractivity contribution in [1.29, 1.82) is 0 Å². The van der Waals surface area contributed by atoms with Crippen LogP contribution in [0.1, 0.15) is 5.56 Å². The molecule has 1 aromatic heterocycles. The molecule has 0 spiro atoms. The molecule has 0 bridgehead atoms. The van der Waals surface area contributed by atoms with Crippen molar-refractivity contribution >= 4 is 34.3 Å². The van der Waals surface area contributed by atoms with Crippen LogP contribution in [0.2, 0.25) is 0 Å². The second kappa shape index (κ2) is 8.55. The van der Waals surface area contributed by atoms with Crippen molar-refractivity contribution in [3.63, 3.8) is 0 Å². The van der Waals surface area contributed by atoms with Crippen molar-refractivity contribution in [1.82, 2.24) is 9.88 Å². The van der Waals surface area contributed by atoms with Gasteiger partial charge in [0, 0.05) is 37.3 Å². The minimum absolute atomic E-state index is 0.0126. The zero-order valence-electron chi connectivity index (χ0n) is 16.1. The number of anilines is 1. The third-order valence-electron chi connectivity index (χ3n) is 5.09. The van der Waals surface area contributed by atoms with Gasteiger partial charge < -0.3 is 9.80 Å². The van der Waals surface area contributed by atoms with Crippen LogP contribution in [0.25, 0.3) is 10.9 Å². The number of nitrogens with zero attached hydrogens (tertiary/aromatic N) is 3. The minimum atomic E-state index is -4.36. The summed E-state index contributed by atoms with van der Waals surface area (Å²) in [5.41, 5.74) is 0.772. The maximum Gasteiger partial charge on any atom is 0.416 e. The molecule has 4 nitrogen and oxygen atoms in total. The number of hydrogen-bond acceptors (Lipinski definition) is 4. The van der Waals surface area contributed by atoms with Gasteiger partial charge in [0.15, 0.2) is 0 Å². The lowest BCUT2D eigenvalue weighted by Crippen LogP contribution is -2.49. The van der Waals surface area contributed by atoms with Gasteiger partial charge in [0.25, 0.3) is 0 Å². The third kappa shape index (κ3) is 4.70. The molecule has 1 amide bonds. The molecule has 2 heterocycles. The molecule has 1 saturated heterocycles. The van der Waals surface area contributed by atoms with E-state index in [4.69, 9.17) is 0 Å². The van der Waals surface area contributed by atoms with E-state index in [0.29, 0.717) is 31.9 Å². The van der Waals surface area contributed by atoms with Crippen LogP contribution in [0.15, 0.2) is 65.7 Å². The average Bonchev–Trinajstić information content (AvgIpc) is 2.77. The summed E-state index contributed by atoms with van der Waals surface area (Å²) >= 11 is 1.40. The van der Waals surface area contributed by atoms with Gasteiger partial charge in [-0.15, -0.1) is 0 Å². The summed E-state index contributed by atoms with van der Waals surface area (Å²) in [6, 6.07) is 17.0. The number of pyridine rings is 1. The number of carbonyl (C=O) groups excluding carboxylic acids is 1. The van der Waals surface area contributed by atoms with Gasteiger partial charge in [0.05, 0.1) is 21.9 Å². The summed E-state index contributed by atoms with van der Waals surface area (Å²) in [6.07, 6.45) is -4.36. The quantitative estimate of drug-likeness (QED) is 0.562. The molecule has 0 radical (unpaired) electrons. The monoisotopic (exact) mass is 431 g/mol. The van der Waals surface area contributed by atoms with Gasteiger partial charge in [-0.1, -0.05) is 42.1 Å². The zero-order chi connectivity index (χ0) is 21.1. The Kier molecular flexibility index (Phi) is 5.85. The van der Waals surface area contributed by atoms with Gasteiger partial charge >= 0.3 is 6.18 Å². The maximum atomic E-state index is 12.9. The Morgan fingerprint density at radius 2 is 1.73 bits per heavy atom. The standard InChI is InChI=1S/C22H20F3N3OS/c23-22(24,25)17-5-3-6-18(14-17)27-10-12-28(13-11-27)21(29)15-30-20-9-8-16-4-1-2-7-19(16)26-20/h1-9,14H,10-13,15H2. The van der Waals surface area contributed by atoms with Crippen LogP contribution in [0.4, 0.5) is 18.9 Å². The summed E-state index contributed by atoms with van der Waals surface area (Å²) in [6.45, 7) is 1.99. The molecule has 2 aromatic carbocycles. The fourth-order valence-electron chi connectivity index (χ4n) is 3.45. The van der Waals surface area contributed by atoms with Gasteiger partial charge in [-0.3, -0.25) is 4.79 Å². The second-order valence-electron chi connectivity index (χ2n) is 7.05. The lowest BCUT2D eigenvalue weighted by Gasteiger charge is -2.36. The molecule has 1 fully saturated rings. The number of benzene rings is 2. The molecule has 8 heteroatoms. The normalized spacial score (nSPS) is 14.9. The molecule has 0 aliphatic carbocycles.